The van der Waals surface area contributed by atoms with Crippen LogP contribution in [0.3, 0.4) is 0 Å². The molecule has 19 heavy (non-hydrogen) atoms. The summed E-state index contributed by atoms with van der Waals surface area (Å²) in [5, 5.41) is 2.98. The molecule has 3 rings (SSSR count). The molecule has 0 fully saturated rings. The molecule has 0 radical (unpaired) electrons. The first-order valence-corrected chi connectivity index (χ1v) is 7.77. The van der Waals surface area contributed by atoms with E-state index < -0.39 is 7.65 Å². The van der Waals surface area contributed by atoms with Gasteiger partial charge in [0.2, 0.25) is 5.12 Å². The third kappa shape index (κ3) is 1.97. The third-order valence-corrected chi connectivity index (χ3v) is 4.98. The quantitative estimate of drug-likeness (QED) is 0.548. The second kappa shape index (κ2) is 4.79. The van der Waals surface area contributed by atoms with E-state index in [1.807, 2.05) is 36.4 Å². The molecule has 0 saturated carbocycles. The van der Waals surface area contributed by atoms with Crippen molar-refractivity contribution in [2.75, 3.05) is 0 Å². The second-order valence-corrected chi connectivity index (χ2v) is 6.04. The molecular formula is C16H16O2P+. The fourth-order valence-corrected chi connectivity index (χ4v) is 3.83. The van der Waals surface area contributed by atoms with Crippen LogP contribution in [-0.4, -0.2) is 0 Å². The van der Waals surface area contributed by atoms with Gasteiger partial charge in [0.05, 0.1) is 0 Å². The van der Waals surface area contributed by atoms with Crippen LogP contribution in [0.2, 0.25) is 0 Å². The van der Waals surface area contributed by atoms with Crippen molar-refractivity contribution in [3.63, 3.8) is 0 Å². The van der Waals surface area contributed by atoms with Gasteiger partial charge in [0, 0.05) is 16.3 Å². The molecule has 1 heterocycles. The minimum atomic E-state index is -1.80. The van der Waals surface area contributed by atoms with Gasteiger partial charge in [0.25, 0.3) is 0 Å². The van der Waals surface area contributed by atoms with Gasteiger partial charge in [-0.15, -0.1) is 0 Å². The lowest BCUT2D eigenvalue weighted by Crippen LogP contribution is -1.92. The zero-order valence-electron chi connectivity index (χ0n) is 11.1. The van der Waals surface area contributed by atoms with Crippen LogP contribution < -0.4 is 0 Å². The Morgan fingerprint density at radius 1 is 1.11 bits per heavy atom. The maximum atomic E-state index is 12.4. The smallest absolute Gasteiger partial charge is 0.250 e. The lowest BCUT2D eigenvalue weighted by molar-refractivity contribution is 0.563. The Hall–Kier alpha value is -1.66. The fourth-order valence-electron chi connectivity index (χ4n) is 2.50. The summed E-state index contributed by atoms with van der Waals surface area (Å²) in [7, 11) is -1.80. The summed E-state index contributed by atoms with van der Waals surface area (Å²) in [5.74, 6) is 0.391. The van der Waals surface area contributed by atoms with Crippen LogP contribution in [0, 0.1) is 0 Å². The van der Waals surface area contributed by atoms with E-state index in [1.165, 1.54) is 0 Å². The van der Waals surface area contributed by atoms with Gasteiger partial charge in [-0.1, -0.05) is 44.2 Å². The zero-order chi connectivity index (χ0) is 13.4. The molecule has 2 aromatic carbocycles. The predicted molar refractivity (Wildman–Crippen MR) is 80.0 cm³/mol. The SMILES string of the molecule is CCC(C)c1cccc2c3ccccc3o[p+](=O)c12. The van der Waals surface area contributed by atoms with Crippen LogP contribution in [0.15, 0.2) is 46.7 Å². The lowest BCUT2D eigenvalue weighted by atomic mass is 9.97. The topological polar surface area (TPSA) is 30.2 Å². The first-order valence-electron chi connectivity index (χ1n) is 6.60. The van der Waals surface area contributed by atoms with Crippen molar-refractivity contribution >= 4 is 29.1 Å². The standard InChI is InChI=1S/C16H16O2P/c1-3-11(2)12-8-6-9-14-13-7-4-5-10-15(13)18-19(17)16(12)14/h4-11H,3H2,1-2H3/q+1. The number of rotatable bonds is 2. The number of para-hydroxylation sites is 1. The molecule has 0 bridgehead atoms. The Balaban J connectivity index is 2.51. The molecule has 1 aromatic heterocycles. The van der Waals surface area contributed by atoms with Crippen LogP contribution in [0.4, 0.5) is 0 Å². The first-order chi connectivity index (χ1) is 9.22. The molecule has 0 spiro atoms. The molecule has 0 saturated heterocycles. The molecule has 2 nitrogen and oxygen atoms in total. The van der Waals surface area contributed by atoms with Gasteiger partial charge in [-0.05, 0) is 29.0 Å². The van der Waals surface area contributed by atoms with E-state index in [0.717, 1.165) is 33.5 Å². The Bertz CT molecular complexity index is 805. The van der Waals surface area contributed by atoms with Crippen molar-refractivity contribution in [3.05, 3.63) is 48.0 Å². The summed E-state index contributed by atoms with van der Waals surface area (Å²) < 4.78 is 18.0. The summed E-state index contributed by atoms with van der Waals surface area (Å²) in [5.41, 5.74) is 1.87. The number of fused-ring (bicyclic) bond motifs is 3. The highest BCUT2D eigenvalue weighted by molar-refractivity contribution is 7.37. The van der Waals surface area contributed by atoms with Crippen molar-refractivity contribution in [2.24, 2.45) is 0 Å². The summed E-state index contributed by atoms with van der Waals surface area (Å²) in [6, 6.07) is 13.9. The van der Waals surface area contributed by atoms with E-state index in [2.05, 4.69) is 19.9 Å². The molecule has 96 valence electrons. The Morgan fingerprint density at radius 3 is 2.63 bits per heavy atom. The van der Waals surface area contributed by atoms with Gasteiger partial charge in [0.1, 0.15) is 0 Å². The largest absolute Gasteiger partial charge is 0.598 e. The summed E-state index contributed by atoms with van der Waals surface area (Å²) in [4.78, 5) is 0. The maximum absolute atomic E-state index is 12.4. The molecule has 0 aliphatic rings. The highest BCUT2D eigenvalue weighted by Gasteiger charge is 2.22. The summed E-state index contributed by atoms with van der Waals surface area (Å²) in [6.07, 6.45) is 1.03. The van der Waals surface area contributed by atoms with Crippen LogP contribution in [0.1, 0.15) is 31.7 Å². The molecule has 0 aliphatic carbocycles. The van der Waals surface area contributed by atoms with E-state index in [-0.39, 0.29) is 0 Å². The summed E-state index contributed by atoms with van der Waals surface area (Å²) in [6.45, 7) is 4.31. The molecular weight excluding hydrogens is 255 g/mol. The highest BCUT2D eigenvalue weighted by Crippen LogP contribution is 2.40. The lowest BCUT2D eigenvalue weighted by Gasteiger charge is -2.08. The normalized spacial score (nSPS) is 13.9. The van der Waals surface area contributed by atoms with E-state index in [1.54, 1.807) is 0 Å². The monoisotopic (exact) mass is 271 g/mol. The highest BCUT2D eigenvalue weighted by atomic mass is 31.1. The minimum absolute atomic E-state index is 0.391. The zero-order valence-corrected chi connectivity index (χ0v) is 12.0. The predicted octanol–water partition coefficient (Wildman–Crippen LogP) is 5.84. The van der Waals surface area contributed by atoms with Crippen LogP contribution in [0.5, 0.6) is 0 Å². The average molecular weight is 271 g/mol. The van der Waals surface area contributed by atoms with Crippen LogP contribution >= 0.6 is 7.65 Å². The molecule has 0 amide bonds. The minimum Gasteiger partial charge on any atom is -0.250 e. The van der Waals surface area contributed by atoms with Gasteiger partial charge in [-0.25, -0.2) is 4.20 Å². The fraction of sp³-hybridized carbons (Fsp3) is 0.250. The van der Waals surface area contributed by atoms with Crippen molar-refractivity contribution < 1.29 is 8.76 Å². The van der Waals surface area contributed by atoms with E-state index in [9.17, 15) is 4.57 Å². The van der Waals surface area contributed by atoms with Crippen molar-refractivity contribution in [1.82, 2.24) is 0 Å². The average Bonchev–Trinajstić information content (AvgIpc) is 2.46. The van der Waals surface area contributed by atoms with Crippen LogP contribution in [-0.2, 0) is 4.57 Å². The maximum Gasteiger partial charge on any atom is 0.598 e. The van der Waals surface area contributed by atoms with Gasteiger partial charge in [-0.2, -0.15) is 0 Å². The van der Waals surface area contributed by atoms with Crippen molar-refractivity contribution in [2.45, 2.75) is 26.2 Å². The number of benzene rings is 2. The molecule has 2 atom stereocenters. The Labute approximate surface area is 112 Å². The van der Waals surface area contributed by atoms with E-state index in [0.29, 0.717) is 5.92 Å². The molecule has 3 heteroatoms. The van der Waals surface area contributed by atoms with Gasteiger partial charge < -0.3 is 0 Å². The summed E-state index contributed by atoms with van der Waals surface area (Å²) >= 11 is 0. The number of hydrogen-bond donors (Lipinski definition) is 0. The molecule has 3 aromatic rings. The first kappa shape index (κ1) is 12.4. The van der Waals surface area contributed by atoms with Crippen molar-refractivity contribution in [3.8, 4) is 0 Å². The van der Waals surface area contributed by atoms with Gasteiger partial charge >= 0.3 is 7.65 Å². The second-order valence-electron chi connectivity index (χ2n) is 4.90. The van der Waals surface area contributed by atoms with Crippen LogP contribution in [0.25, 0.3) is 21.5 Å². The van der Waals surface area contributed by atoms with E-state index >= 15 is 0 Å². The van der Waals surface area contributed by atoms with Crippen molar-refractivity contribution in [1.29, 1.82) is 0 Å². The molecule has 2 unspecified atom stereocenters. The van der Waals surface area contributed by atoms with E-state index in [4.69, 9.17) is 4.20 Å². The Morgan fingerprint density at radius 2 is 1.84 bits per heavy atom. The third-order valence-electron chi connectivity index (χ3n) is 3.75. The molecule has 0 N–H and O–H groups in total. The van der Waals surface area contributed by atoms with Gasteiger partial charge in [0.15, 0.2) is 5.58 Å². The molecule has 0 aliphatic heterocycles. The Kier molecular flexibility index (Phi) is 3.12. The number of hydrogen-bond acceptors (Lipinski definition) is 2. The van der Waals surface area contributed by atoms with Gasteiger partial charge in [-0.3, -0.25) is 0 Å².